The first-order chi connectivity index (χ1) is 14.8. The van der Waals surface area contributed by atoms with Gasteiger partial charge in [-0.2, -0.15) is 0 Å². The summed E-state index contributed by atoms with van der Waals surface area (Å²) >= 11 is 0. The van der Waals surface area contributed by atoms with E-state index in [0.29, 0.717) is 22.5 Å². The van der Waals surface area contributed by atoms with Gasteiger partial charge in [0.2, 0.25) is 0 Å². The fourth-order valence-corrected chi connectivity index (χ4v) is 4.37. The molecule has 0 fully saturated rings. The van der Waals surface area contributed by atoms with Gasteiger partial charge in [-0.05, 0) is 54.6 Å². The Labute approximate surface area is 178 Å². The summed E-state index contributed by atoms with van der Waals surface area (Å²) in [7, 11) is -0.339. The van der Waals surface area contributed by atoms with E-state index in [2.05, 4.69) is 10.0 Å². The number of carbonyl (C=O) groups excluding carboxylic acids is 1. The number of rotatable bonds is 5. The summed E-state index contributed by atoms with van der Waals surface area (Å²) in [5.41, 5.74) is 2.59. The van der Waals surface area contributed by atoms with Crippen molar-refractivity contribution in [1.82, 2.24) is 9.13 Å². The van der Waals surface area contributed by atoms with Gasteiger partial charge < -0.3 is 5.32 Å². The highest BCUT2D eigenvalue weighted by atomic mass is 32.2. The quantitative estimate of drug-likeness (QED) is 0.502. The molecule has 3 aromatic carbocycles. The molecule has 0 saturated carbocycles. The summed E-state index contributed by atoms with van der Waals surface area (Å²) in [6.45, 7) is 0. The Hall–Kier alpha value is -3.85. The number of carbonyl (C=O) groups is 1. The summed E-state index contributed by atoms with van der Waals surface area (Å²) in [5, 5.41) is 2.80. The molecule has 0 saturated heterocycles. The molecule has 0 aliphatic carbocycles. The molecule has 0 unspecified atom stereocenters. The number of amides is 1. The molecular formula is C22H20N4O4S. The number of imidazole rings is 1. The lowest BCUT2D eigenvalue weighted by Gasteiger charge is -2.09. The highest BCUT2D eigenvalue weighted by Gasteiger charge is 2.14. The Kier molecular flexibility index (Phi) is 5.12. The van der Waals surface area contributed by atoms with Crippen LogP contribution in [-0.4, -0.2) is 23.5 Å². The third-order valence-electron chi connectivity index (χ3n) is 4.98. The topological polar surface area (TPSA) is 102 Å². The standard InChI is InChI=1S/C22H20N4O4S/c1-25-19-13-12-17(14-20(19)26(2)22(25)28)23-21(27)15-8-10-16(11-9-15)24-31(29,30)18-6-4-3-5-7-18/h3-14,24H,1-2H3,(H,23,27). The van der Waals surface area contributed by atoms with Crippen molar-refractivity contribution in [2.24, 2.45) is 14.1 Å². The molecule has 0 aliphatic heterocycles. The van der Waals surface area contributed by atoms with Gasteiger partial charge in [0.25, 0.3) is 15.9 Å². The fraction of sp³-hybridized carbons (Fsp3) is 0.0909. The van der Waals surface area contributed by atoms with Gasteiger partial charge in [0, 0.05) is 31.0 Å². The molecule has 1 amide bonds. The van der Waals surface area contributed by atoms with Crippen LogP contribution in [-0.2, 0) is 24.1 Å². The van der Waals surface area contributed by atoms with Crippen LogP contribution in [0.5, 0.6) is 0 Å². The third-order valence-corrected chi connectivity index (χ3v) is 6.38. The minimum atomic E-state index is -3.70. The number of hydrogen-bond acceptors (Lipinski definition) is 4. The van der Waals surface area contributed by atoms with Crippen molar-refractivity contribution in [2.45, 2.75) is 4.90 Å². The zero-order valence-corrected chi connectivity index (χ0v) is 17.7. The summed E-state index contributed by atoms with van der Waals surface area (Å²) in [6, 6.07) is 19.4. The molecule has 1 aromatic heterocycles. The largest absolute Gasteiger partial charge is 0.328 e. The second kappa shape index (κ2) is 7.77. The minimum absolute atomic E-state index is 0.146. The summed E-state index contributed by atoms with van der Waals surface area (Å²) < 4.78 is 30.4. The van der Waals surface area contributed by atoms with Crippen LogP contribution < -0.4 is 15.7 Å². The first-order valence-corrected chi connectivity index (χ1v) is 10.9. The number of nitrogens with one attached hydrogen (secondary N) is 2. The van der Waals surface area contributed by atoms with Gasteiger partial charge in [0.1, 0.15) is 0 Å². The van der Waals surface area contributed by atoms with E-state index in [-0.39, 0.29) is 16.5 Å². The lowest BCUT2D eigenvalue weighted by molar-refractivity contribution is 0.102. The molecule has 158 valence electrons. The summed E-state index contributed by atoms with van der Waals surface area (Å²) in [6.07, 6.45) is 0. The Bertz CT molecular complexity index is 1440. The highest BCUT2D eigenvalue weighted by Crippen LogP contribution is 2.20. The molecule has 4 rings (SSSR count). The van der Waals surface area contributed by atoms with Crippen LogP contribution in [0.15, 0.2) is 82.5 Å². The Morgan fingerprint density at radius 1 is 0.806 bits per heavy atom. The summed E-state index contributed by atoms with van der Waals surface area (Å²) in [5.74, 6) is -0.349. The van der Waals surface area contributed by atoms with Crippen LogP contribution in [0.3, 0.4) is 0 Å². The van der Waals surface area contributed by atoms with Gasteiger partial charge in [-0.25, -0.2) is 13.2 Å². The first kappa shape index (κ1) is 20.4. The van der Waals surface area contributed by atoms with Crippen LogP contribution in [0.1, 0.15) is 10.4 Å². The number of benzene rings is 3. The van der Waals surface area contributed by atoms with E-state index in [9.17, 15) is 18.0 Å². The number of anilines is 2. The second-order valence-electron chi connectivity index (χ2n) is 7.05. The van der Waals surface area contributed by atoms with Gasteiger partial charge in [0.05, 0.1) is 15.9 Å². The number of aromatic nitrogens is 2. The Morgan fingerprint density at radius 3 is 2.10 bits per heavy atom. The van der Waals surface area contributed by atoms with Crippen molar-refractivity contribution >= 4 is 38.3 Å². The lowest BCUT2D eigenvalue weighted by atomic mass is 10.2. The molecular weight excluding hydrogens is 416 g/mol. The molecule has 31 heavy (non-hydrogen) atoms. The first-order valence-electron chi connectivity index (χ1n) is 9.41. The van der Waals surface area contributed by atoms with E-state index >= 15 is 0 Å². The average Bonchev–Trinajstić information content (AvgIpc) is 2.98. The summed E-state index contributed by atoms with van der Waals surface area (Å²) in [4.78, 5) is 24.8. The van der Waals surface area contributed by atoms with Crippen LogP contribution >= 0.6 is 0 Å². The molecule has 2 N–H and O–H groups in total. The van der Waals surface area contributed by atoms with Gasteiger partial charge in [-0.1, -0.05) is 18.2 Å². The van der Waals surface area contributed by atoms with Crippen LogP contribution in [0.4, 0.5) is 11.4 Å². The molecule has 8 nitrogen and oxygen atoms in total. The van der Waals surface area contributed by atoms with Crippen LogP contribution in [0, 0.1) is 0 Å². The molecule has 1 heterocycles. The predicted octanol–water partition coefficient (Wildman–Crippen LogP) is 2.93. The Balaban J connectivity index is 1.51. The number of fused-ring (bicyclic) bond motifs is 1. The lowest BCUT2D eigenvalue weighted by Crippen LogP contribution is -2.19. The van der Waals surface area contributed by atoms with Crippen molar-refractivity contribution in [3.63, 3.8) is 0 Å². The molecule has 0 aliphatic rings. The maximum Gasteiger partial charge on any atom is 0.328 e. The zero-order chi connectivity index (χ0) is 22.2. The van der Waals surface area contributed by atoms with E-state index < -0.39 is 10.0 Å². The molecule has 0 radical (unpaired) electrons. The number of aryl methyl sites for hydroxylation is 2. The van der Waals surface area contributed by atoms with E-state index in [0.717, 1.165) is 5.52 Å². The number of nitrogens with zero attached hydrogens (tertiary/aromatic N) is 2. The normalized spacial score (nSPS) is 11.4. The van der Waals surface area contributed by atoms with E-state index in [1.54, 1.807) is 50.5 Å². The minimum Gasteiger partial charge on any atom is -0.322 e. The predicted molar refractivity (Wildman–Crippen MR) is 120 cm³/mol. The van der Waals surface area contributed by atoms with E-state index in [4.69, 9.17) is 0 Å². The molecule has 0 bridgehead atoms. The van der Waals surface area contributed by atoms with Crippen molar-refractivity contribution in [2.75, 3.05) is 10.0 Å². The maximum atomic E-state index is 12.6. The molecule has 0 atom stereocenters. The SMILES string of the molecule is Cn1c(=O)n(C)c2cc(NC(=O)c3ccc(NS(=O)(=O)c4ccccc4)cc3)ccc21. The monoisotopic (exact) mass is 436 g/mol. The molecule has 0 spiro atoms. The highest BCUT2D eigenvalue weighted by molar-refractivity contribution is 7.92. The number of hydrogen-bond donors (Lipinski definition) is 2. The zero-order valence-electron chi connectivity index (χ0n) is 16.9. The van der Waals surface area contributed by atoms with Gasteiger partial charge >= 0.3 is 5.69 Å². The molecule has 9 heteroatoms. The average molecular weight is 436 g/mol. The van der Waals surface area contributed by atoms with Crippen LogP contribution in [0.25, 0.3) is 11.0 Å². The fourth-order valence-electron chi connectivity index (χ4n) is 3.29. The van der Waals surface area contributed by atoms with E-state index in [1.807, 2.05) is 0 Å². The van der Waals surface area contributed by atoms with Gasteiger partial charge in [0.15, 0.2) is 0 Å². The van der Waals surface area contributed by atoms with Crippen molar-refractivity contribution in [3.05, 3.63) is 88.8 Å². The van der Waals surface area contributed by atoms with Crippen molar-refractivity contribution < 1.29 is 13.2 Å². The third kappa shape index (κ3) is 3.95. The van der Waals surface area contributed by atoms with E-state index in [1.165, 1.54) is 45.5 Å². The van der Waals surface area contributed by atoms with Crippen molar-refractivity contribution in [1.29, 1.82) is 0 Å². The van der Waals surface area contributed by atoms with Gasteiger partial charge in [-0.3, -0.25) is 18.7 Å². The van der Waals surface area contributed by atoms with Crippen molar-refractivity contribution in [3.8, 4) is 0 Å². The smallest absolute Gasteiger partial charge is 0.322 e. The number of sulfonamides is 1. The van der Waals surface area contributed by atoms with Crippen LogP contribution in [0.2, 0.25) is 0 Å². The Morgan fingerprint density at radius 2 is 1.42 bits per heavy atom. The molecule has 4 aromatic rings. The van der Waals surface area contributed by atoms with Gasteiger partial charge in [-0.15, -0.1) is 0 Å². The second-order valence-corrected chi connectivity index (χ2v) is 8.74. The maximum absolute atomic E-state index is 12.6.